The van der Waals surface area contributed by atoms with E-state index < -0.39 is 5.97 Å². The number of rotatable bonds is 4. The number of benzene rings is 1. The van der Waals surface area contributed by atoms with Gasteiger partial charge in [0.2, 0.25) is 0 Å². The summed E-state index contributed by atoms with van der Waals surface area (Å²) in [7, 11) is 1.50. The summed E-state index contributed by atoms with van der Waals surface area (Å²) in [6, 6.07) is 4.70. The molecule has 1 aromatic heterocycles. The number of ether oxygens (including phenoxy) is 1. The van der Waals surface area contributed by atoms with Gasteiger partial charge in [0, 0.05) is 5.92 Å². The van der Waals surface area contributed by atoms with Gasteiger partial charge in [-0.25, -0.2) is 14.5 Å². The molecule has 0 bridgehead atoms. The molecule has 0 aliphatic carbocycles. The van der Waals surface area contributed by atoms with Crippen LogP contribution in [0.2, 0.25) is 0 Å². The number of carboxylic acids is 1. The number of carbonyl (C=O) groups is 1. The Hall–Kier alpha value is -2.37. The summed E-state index contributed by atoms with van der Waals surface area (Å²) in [5, 5.41) is 13.4. The van der Waals surface area contributed by atoms with E-state index in [4.69, 9.17) is 9.84 Å². The highest BCUT2D eigenvalue weighted by Crippen LogP contribution is 2.27. The summed E-state index contributed by atoms with van der Waals surface area (Å²) in [5.41, 5.74) is 0.857. The van der Waals surface area contributed by atoms with Gasteiger partial charge in [0.25, 0.3) is 0 Å². The van der Waals surface area contributed by atoms with Crippen LogP contribution in [-0.2, 0) is 0 Å². The molecular formula is C14H17N3O3. The van der Waals surface area contributed by atoms with E-state index in [0.29, 0.717) is 17.3 Å². The fourth-order valence-corrected chi connectivity index (χ4v) is 1.97. The van der Waals surface area contributed by atoms with Crippen molar-refractivity contribution in [1.82, 2.24) is 14.8 Å². The van der Waals surface area contributed by atoms with Crippen LogP contribution in [0, 0.1) is 6.92 Å². The third-order valence-corrected chi connectivity index (χ3v) is 2.91. The van der Waals surface area contributed by atoms with Gasteiger partial charge in [0.1, 0.15) is 23.1 Å². The fourth-order valence-electron chi connectivity index (χ4n) is 1.97. The van der Waals surface area contributed by atoms with E-state index in [1.165, 1.54) is 19.2 Å². The van der Waals surface area contributed by atoms with Crippen LogP contribution in [0.15, 0.2) is 18.2 Å². The molecule has 0 saturated carbocycles. The second-order valence-corrected chi connectivity index (χ2v) is 4.78. The highest BCUT2D eigenvalue weighted by atomic mass is 16.5. The summed E-state index contributed by atoms with van der Waals surface area (Å²) in [5.74, 6) is 1.13. The van der Waals surface area contributed by atoms with Crippen molar-refractivity contribution in [2.45, 2.75) is 26.7 Å². The molecule has 6 heteroatoms. The van der Waals surface area contributed by atoms with E-state index in [9.17, 15) is 4.79 Å². The first-order valence-electron chi connectivity index (χ1n) is 6.29. The van der Waals surface area contributed by atoms with E-state index in [1.54, 1.807) is 10.7 Å². The minimum Gasteiger partial charge on any atom is -0.494 e. The zero-order valence-electron chi connectivity index (χ0n) is 11.9. The quantitative estimate of drug-likeness (QED) is 0.927. The van der Waals surface area contributed by atoms with Gasteiger partial charge >= 0.3 is 5.97 Å². The number of aromatic nitrogens is 3. The summed E-state index contributed by atoms with van der Waals surface area (Å²) in [6.07, 6.45) is 0. The Labute approximate surface area is 117 Å². The van der Waals surface area contributed by atoms with E-state index >= 15 is 0 Å². The predicted octanol–water partition coefficient (Wildman–Crippen LogP) is 2.41. The van der Waals surface area contributed by atoms with Gasteiger partial charge in [-0.05, 0) is 25.1 Å². The first-order chi connectivity index (χ1) is 9.43. The normalized spacial score (nSPS) is 10.8. The molecule has 0 aliphatic heterocycles. The van der Waals surface area contributed by atoms with Crippen LogP contribution >= 0.6 is 0 Å². The lowest BCUT2D eigenvalue weighted by molar-refractivity contribution is 0.0696. The highest BCUT2D eigenvalue weighted by Gasteiger charge is 2.17. The largest absolute Gasteiger partial charge is 0.494 e. The average molecular weight is 275 g/mol. The second-order valence-electron chi connectivity index (χ2n) is 4.78. The van der Waals surface area contributed by atoms with Crippen LogP contribution in [0.5, 0.6) is 5.75 Å². The summed E-state index contributed by atoms with van der Waals surface area (Å²) >= 11 is 0. The van der Waals surface area contributed by atoms with Crippen molar-refractivity contribution in [2.75, 3.05) is 7.11 Å². The Balaban J connectivity index is 2.60. The maximum atomic E-state index is 11.0. The molecule has 1 N–H and O–H groups in total. The highest BCUT2D eigenvalue weighted by molar-refractivity contribution is 5.88. The Morgan fingerprint density at radius 2 is 2.10 bits per heavy atom. The third kappa shape index (κ3) is 2.49. The van der Waals surface area contributed by atoms with Gasteiger partial charge in [0.15, 0.2) is 0 Å². The number of methoxy groups -OCH3 is 1. The van der Waals surface area contributed by atoms with E-state index in [0.717, 1.165) is 5.82 Å². The van der Waals surface area contributed by atoms with Gasteiger partial charge in [-0.15, -0.1) is 0 Å². The van der Waals surface area contributed by atoms with Crippen LogP contribution in [-0.4, -0.2) is 33.0 Å². The fraction of sp³-hybridized carbons (Fsp3) is 0.357. The maximum absolute atomic E-state index is 11.0. The first-order valence-corrected chi connectivity index (χ1v) is 6.29. The van der Waals surface area contributed by atoms with Gasteiger partial charge < -0.3 is 9.84 Å². The Bertz CT molecular complexity index is 647. The van der Waals surface area contributed by atoms with Gasteiger partial charge in [-0.1, -0.05) is 13.8 Å². The molecule has 0 radical (unpaired) electrons. The van der Waals surface area contributed by atoms with E-state index in [2.05, 4.69) is 10.1 Å². The molecule has 0 atom stereocenters. The zero-order valence-corrected chi connectivity index (χ0v) is 11.9. The number of carboxylic acid groups (broad SMARTS) is 1. The summed E-state index contributed by atoms with van der Waals surface area (Å²) < 4.78 is 6.98. The van der Waals surface area contributed by atoms with Crippen LogP contribution < -0.4 is 4.74 Å². The minimum atomic E-state index is -0.992. The van der Waals surface area contributed by atoms with Crippen molar-refractivity contribution in [1.29, 1.82) is 0 Å². The van der Waals surface area contributed by atoms with Crippen molar-refractivity contribution < 1.29 is 14.6 Å². The van der Waals surface area contributed by atoms with Crippen LogP contribution in [0.25, 0.3) is 5.69 Å². The number of hydrogen-bond donors (Lipinski definition) is 1. The van der Waals surface area contributed by atoms with Crippen molar-refractivity contribution in [2.24, 2.45) is 0 Å². The van der Waals surface area contributed by atoms with E-state index in [-0.39, 0.29) is 11.5 Å². The van der Waals surface area contributed by atoms with Crippen molar-refractivity contribution >= 4 is 5.97 Å². The standard InChI is InChI=1S/C14H17N3O3/c1-8(2)13-15-9(3)16-17(13)11-6-5-10(14(18)19)7-12(11)20-4/h5-8H,1-4H3,(H,18,19). The van der Waals surface area contributed by atoms with Crippen molar-refractivity contribution in [3.63, 3.8) is 0 Å². The molecule has 2 rings (SSSR count). The topological polar surface area (TPSA) is 77.2 Å². The molecule has 20 heavy (non-hydrogen) atoms. The predicted molar refractivity (Wildman–Crippen MR) is 73.7 cm³/mol. The summed E-state index contributed by atoms with van der Waals surface area (Å²) in [4.78, 5) is 15.4. The van der Waals surface area contributed by atoms with Gasteiger partial charge in [0.05, 0.1) is 12.7 Å². The molecule has 0 saturated heterocycles. The SMILES string of the molecule is COc1cc(C(=O)O)ccc1-n1nc(C)nc1C(C)C. The Morgan fingerprint density at radius 1 is 1.40 bits per heavy atom. The minimum absolute atomic E-state index is 0.175. The Kier molecular flexibility index (Phi) is 3.74. The van der Waals surface area contributed by atoms with Crippen LogP contribution in [0.4, 0.5) is 0 Å². The summed E-state index contributed by atoms with van der Waals surface area (Å²) in [6.45, 7) is 5.87. The van der Waals surface area contributed by atoms with Crippen molar-refractivity contribution in [3.05, 3.63) is 35.4 Å². The molecule has 0 spiro atoms. The molecule has 0 aliphatic rings. The molecule has 1 aromatic carbocycles. The van der Waals surface area contributed by atoms with Crippen molar-refractivity contribution in [3.8, 4) is 11.4 Å². The monoisotopic (exact) mass is 275 g/mol. The molecule has 2 aromatic rings. The molecule has 106 valence electrons. The number of hydrogen-bond acceptors (Lipinski definition) is 4. The molecular weight excluding hydrogens is 258 g/mol. The number of aromatic carboxylic acids is 1. The maximum Gasteiger partial charge on any atom is 0.335 e. The third-order valence-electron chi connectivity index (χ3n) is 2.91. The molecule has 6 nitrogen and oxygen atoms in total. The lowest BCUT2D eigenvalue weighted by atomic mass is 10.1. The Morgan fingerprint density at radius 3 is 2.65 bits per heavy atom. The molecule has 0 amide bonds. The average Bonchev–Trinajstić information content (AvgIpc) is 2.80. The van der Waals surface area contributed by atoms with Crippen LogP contribution in [0.1, 0.15) is 41.8 Å². The molecule has 1 heterocycles. The zero-order chi connectivity index (χ0) is 14.9. The number of nitrogens with zero attached hydrogens (tertiary/aromatic N) is 3. The van der Waals surface area contributed by atoms with Gasteiger partial charge in [-0.2, -0.15) is 5.10 Å². The smallest absolute Gasteiger partial charge is 0.335 e. The number of aryl methyl sites for hydroxylation is 1. The lowest BCUT2D eigenvalue weighted by Gasteiger charge is -2.12. The molecule has 0 fully saturated rings. The second kappa shape index (κ2) is 5.32. The molecule has 0 unspecified atom stereocenters. The lowest BCUT2D eigenvalue weighted by Crippen LogP contribution is -2.07. The van der Waals surface area contributed by atoms with E-state index in [1.807, 2.05) is 20.8 Å². The van der Waals surface area contributed by atoms with Crippen LogP contribution in [0.3, 0.4) is 0 Å². The van der Waals surface area contributed by atoms with Gasteiger partial charge in [-0.3, -0.25) is 0 Å². The first kappa shape index (κ1) is 14.0.